The number of rotatable bonds is 8. The van der Waals surface area contributed by atoms with Crippen molar-refractivity contribution >= 4 is 63.1 Å². The highest BCUT2D eigenvalue weighted by molar-refractivity contribution is 6.31. The fourth-order valence-electron chi connectivity index (χ4n) is 2.83. The highest BCUT2D eigenvalue weighted by atomic mass is 35.5. The first kappa shape index (κ1) is 20.8. The summed E-state index contributed by atoms with van der Waals surface area (Å²) >= 11 is 11.8. The standard InChI is InChI=1S/C19H21Cl2N3O.ClH/c1-25-14-4-6-17-16(12-14)19(23-9-2-8-22-10-7-20)15-5-3-13(21)11-18(15)24-17;/h3-6,11-12,22H,2,7-10H2,1H3,(H,23,24);1H. The van der Waals surface area contributed by atoms with Gasteiger partial charge in [0.2, 0.25) is 0 Å². The van der Waals surface area contributed by atoms with Gasteiger partial charge in [-0.3, -0.25) is 0 Å². The van der Waals surface area contributed by atoms with Gasteiger partial charge in [0.15, 0.2) is 0 Å². The molecule has 0 unspecified atom stereocenters. The molecule has 2 N–H and O–H groups in total. The molecule has 0 aliphatic rings. The van der Waals surface area contributed by atoms with Crippen molar-refractivity contribution < 1.29 is 4.74 Å². The number of aromatic nitrogens is 1. The predicted molar refractivity (Wildman–Crippen MR) is 115 cm³/mol. The van der Waals surface area contributed by atoms with Crippen LogP contribution in [0.5, 0.6) is 5.75 Å². The average Bonchev–Trinajstić information content (AvgIpc) is 2.63. The van der Waals surface area contributed by atoms with Crippen LogP contribution < -0.4 is 15.4 Å². The Hall–Kier alpha value is -1.46. The number of pyridine rings is 1. The van der Waals surface area contributed by atoms with Crippen LogP contribution in [0.3, 0.4) is 0 Å². The third-order valence-corrected chi connectivity index (χ3v) is 4.47. The van der Waals surface area contributed by atoms with Gasteiger partial charge in [-0.2, -0.15) is 0 Å². The zero-order valence-corrected chi connectivity index (χ0v) is 16.8. The van der Waals surface area contributed by atoms with Crippen LogP contribution >= 0.6 is 35.6 Å². The smallest absolute Gasteiger partial charge is 0.119 e. The number of benzene rings is 2. The molecule has 0 saturated carbocycles. The van der Waals surface area contributed by atoms with Gasteiger partial charge in [-0.05, 0) is 49.4 Å². The summed E-state index contributed by atoms with van der Waals surface area (Å²) in [6.07, 6.45) is 1.000. The van der Waals surface area contributed by atoms with Crippen molar-refractivity contribution in [3.8, 4) is 5.75 Å². The number of halogens is 3. The van der Waals surface area contributed by atoms with Crippen LogP contribution in [-0.2, 0) is 0 Å². The van der Waals surface area contributed by atoms with Crippen molar-refractivity contribution in [3.05, 3.63) is 41.4 Å². The maximum Gasteiger partial charge on any atom is 0.119 e. The Kier molecular flexibility index (Phi) is 8.04. The van der Waals surface area contributed by atoms with Gasteiger partial charge in [-0.15, -0.1) is 24.0 Å². The van der Waals surface area contributed by atoms with E-state index >= 15 is 0 Å². The predicted octanol–water partition coefficient (Wildman–Crippen LogP) is 5.10. The van der Waals surface area contributed by atoms with Crippen LogP contribution in [-0.4, -0.2) is 37.6 Å². The van der Waals surface area contributed by atoms with E-state index in [0.717, 1.165) is 59.3 Å². The summed E-state index contributed by atoms with van der Waals surface area (Å²) < 4.78 is 5.38. The summed E-state index contributed by atoms with van der Waals surface area (Å²) in [4.78, 5) is 4.74. The molecule has 0 spiro atoms. The van der Waals surface area contributed by atoms with Crippen LogP contribution in [0.25, 0.3) is 21.8 Å². The lowest BCUT2D eigenvalue weighted by Crippen LogP contribution is -2.20. The van der Waals surface area contributed by atoms with Crippen molar-refractivity contribution in [2.45, 2.75) is 6.42 Å². The second-order valence-corrected chi connectivity index (χ2v) is 6.57. The summed E-state index contributed by atoms with van der Waals surface area (Å²) in [6, 6.07) is 11.7. The van der Waals surface area contributed by atoms with E-state index in [-0.39, 0.29) is 12.4 Å². The maximum atomic E-state index is 6.15. The number of nitrogens with zero attached hydrogens (tertiary/aromatic N) is 1. The number of hydrogen-bond acceptors (Lipinski definition) is 4. The van der Waals surface area contributed by atoms with E-state index in [1.807, 2.05) is 36.4 Å². The van der Waals surface area contributed by atoms with E-state index in [0.29, 0.717) is 10.9 Å². The van der Waals surface area contributed by atoms with Crippen molar-refractivity contribution in [2.24, 2.45) is 0 Å². The minimum Gasteiger partial charge on any atom is -0.497 e. The van der Waals surface area contributed by atoms with Gasteiger partial charge in [-0.25, -0.2) is 4.98 Å². The van der Waals surface area contributed by atoms with E-state index in [4.69, 9.17) is 32.9 Å². The summed E-state index contributed by atoms with van der Waals surface area (Å²) in [7, 11) is 1.67. The number of methoxy groups -OCH3 is 1. The van der Waals surface area contributed by atoms with E-state index in [2.05, 4.69) is 10.6 Å². The molecular formula is C19H22Cl3N3O. The summed E-state index contributed by atoms with van der Waals surface area (Å²) in [5.41, 5.74) is 2.86. The molecule has 3 rings (SSSR count). The highest BCUT2D eigenvalue weighted by Crippen LogP contribution is 2.34. The quantitative estimate of drug-likeness (QED) is 0.306. The van der Waals surface area contributed by atoms with Gasteiger partial charge < -0.3 is 15.4 Å². The van der Waals surface area contributed by atoms with Gasteiger partial charge in [0.25, 0.3) is 0 Å². The highest BCUT2D eigenvalue weighted by Gasteiger charge is 2.10. The Balaban J connectivity index is 0.00000243. The monoisotopic (exact) mass is 413 g/mol. The molecule has 7 heteroatoms. The normalized spacial score (nSPS) is 10.7. The van der Waals surface area contributed by atoms with Crippen LogP contribution in [0, 0.1) is 0 Å². The van der Waals surface area contributed by atoms with Crippen molar-refractivity contribution in [1.82, 2.24) is 10.3 Å². The number of hydrogen-bond donors (Lipinski definition) is 2. The third kappa shape index (κ3) is 4.83. The van der Waals surface area contributed by atoms with Crippen LogP contribution in [0.2, 0.25) is 5.02 Å². The minimum absolute atomic E-state index is 0. The Labute approximate surface area is 169 Å². The lowest BCUT2D eigenvalue weighted by Gasteiger charge is -2.14. The molecule has 0 bridgehead atoms. The molecule has 1 heterocycles. The molecule has 4 nitrogen and oxygen atoms in total. The van der Waals surface area contributed by atoms with E-state index in [1.54, 1.807) is 7.11 Å². The molecule has 0 aliphatic heterocycles. The van der Waals surface area contributed by atoms with Gasteiger partial charge in [0.05, 0.1) is 23.8 Å². The van der Waals surface area contributed by atoms with Crippen LogP contribution in [0.4, 0.5) is 5.69 Å². The maximum absolute atomic E-state index is 6.15. The van der Waals surface area contributed by atoms with Gasteiger partial charge >= 0.3 is 0 Å². The molecule has 0 atom stereocenters. The molecule has 3 aromatic rings. The number of nitrogens with one attached hydrogen (secondary N) is 2. The number of ether oxygens (including phenoxy) is 1. The van der Waals surface area contributed by atoms with Crippen LogP contribution in [0.15, 0.2) is 36.4 Å². The summed E-state index contributed by atoms with van der Waals surface area (Å²) in [5, 5.41) is 9.65. The molecule has 140 valence electrons. The average molecular weight is 415 g/mol. The molecule has 0 saturated heterocycles. The first-order valence-corrected chi connectivity index (χ1v) is 9.22. The molecule has 0 aliphatic carbocycles. The second kappa shape index (κ2) is 10.0. The lowest BCUT2D eigenvalue weighted by atomic mass is 10.1. The van der Waals surface area contributed by atoms with E-state index in [1.165, 1.54) is 0 Å². The van der Waals surface area contributed by atoms with Crippen LogP contribution in [0.1, 0.15) is 6.42 Å². The zero-order chi connectivity index (χ0) is 17.6. The fourth-order valence-corrected chi connectivity index (χ4v) is 3.13. The van der Waals surface area contributed by atoms with Gasteiger partial charge in [0, 0.05) is 34.8 Å². The van der Waals surface area contributed by atoms with E-state index in [9.17, 15) is 0 Å². The molecule has 2 aromatic carbocycles. The van der Waals surface area contributed by atoms with Crippen molar-refractivity contribution in [3.63, 3.8) is 0 Å². The molecule has 26 heavy (non-hydrogen) atoms. The van der Waals surface area contributed by atoms with Gasteiger partial charge in [0.1, 0.15) is 5.75 Å². The summed E-state index contributed by atoms with van der Waals surface area (Å²) in [6.45, 7) is 2.61. The SMILES string of the molecule is COc1ccc2nc3cc(Cl)ccc3c(NCCCNCCCl)c2c1.Cl. The number of fused-ring (bicyclic) bond motifs is 2. The largest absolute Gasteiger partial charge is 0.497 e. The van der Waals surface area contributed by atoms with Gasteiger partial charge in [-0.1, -0.05) is 11.6 Å². The summed E-state index contributed by atoms with van der Waals surface area (Å²) in [5.74, 6) is 1.45. The fraction of sp³-hybridized carbons (Fsp3) is 0.316. The molecule has 1 aromatic heterocycles. The topological polar surface area (TPSA) is 46.2 Å². The molecule has 0 fully saturated rings. The second-order valence-electron chi connectivity index (χ2n) is 5.75. The lowest BCUT2D eigenvalue weighted by molar-refractivity contribution is 0.415. The molecular weight excluding hydrogens is 393 g/mol. The number of alkyl halides is 1. The Bertz CT molecular complexity index is 873. The Morgan fingerprint density at radius 3 is 2.62 bits per heavy atom. The van der Waals surface area contributed by atoms with E-state index < -0.39 is 0 Å². The zero-order valence-electron chi connectivity index (χ0n) is 14.5. The van der Waals surface area contributed by atoms with Crippen molar-refractivity contribution in [2.75, 3.05) is 37.9 Å². The number of anilines is 1. The first-order valence-electron chi connectivity index (χ1n) is 8.30. The Morgan fingerprint density at radius 1 is 1.00 bits per heavy atom. The Morgan fingerprint density at radius 2 is 1.85 bits per heavy atom. The first-order chi connectivity index (χ1) is 12.2. The molecule has 0 radical (unpaired) electrons. The minimum atomic E-state index is 0. The molecule has 0 amide bonds. The third-order valence-electron chi connectivity index (χ3n) is 4.05. The van der Waals surface area contributed by atoms with Crippen molar-refractivity contribution in [1.29, 1.82) is 0 Å².